The number of carbonyl (C=O) groups is 1. The Balaban J connectivity index is 2.76. The van der Waals surface area contributed by atoms with Crippen LogP contribution in [-0.4, -0.2) is 11.6 Å². The lowest BCUT2D eigenvalue weighted by Gasteiger charge is -2.35. The van der Waals surface area contributed by atoms with Gasteiger partial charge in [-0.05, 0) is 38.0 Å². The average molecular weight is 252 g/mol. The van der Waals surface area contributed by atoms with Gasteiger partial charge in [0.25, 0.3) is 0 Å². The molecule has 0 aromatic carbocycles. The van der Waals surface area contributed by atoms with Crippen molar-refractivity contribution in [1.82, 2.24) is 0 Å². The molecule has 0 spiro atoms. The second kappa shape index (κ2) is 7.60. The molecule has 0 amide bonds. The summed E-state index contributed by atoms with van der Waals surface area (Å²) in [5.74, 6) is 0.304. The molecule has 0 aromatic rings. The maximum Gasteiger partial charge on any atom is 0.330 e. The Labute approximate surface area is 112 Å². The molecule has 1 saturated carbocycles. The fraction of sp³-hybridized carbons (Fsp3) is 0.812. The van der Waals surface area contributed by atoms with Gasteiger partial charge in [-0.2, -0.15) is 0 Å². The Kier molecular flexibility index (Phi) is 6.45. The molecule has 0 aliphatic heterocycles. The van der Waals surface area contributed by atoms with Gasteiger partial charge >= 0.3 is 5.97 Å². The molecule has 0 aromatic heterocycles. The molecule has 0 N–H and O–H groups in total. The Morgan fingerprint density at radius 1 is 1.17 bits per heavy atom. The third kappa shape index (κ3) is 5.24. The van der Waals surface area contributed by atoms with Crippen LogP contribution in [0, 0.1) is 5.92 Å². The van der Waals surface area contributed by atoms with Crippen LogP contribution < -0.4 is 0 Å². The fourth-order valence-electron chi connectivity index (χ4n) is 3.07. The van der Waals surface area contributed by atoms with Crippen LogP contribution in [0.15, 0.2) is 12.7 Å². The van der Waals surface area contributed by atoms with E-state index in [9.17, 15) is 4.79 Å². The highest BCUT2D eigenvalue weighted by Gasteiger charge is 2.34. The normalized spacial score (nSPS) is 20.6. The third-order valence-electron chi connectivity index (χ3n) is 3.78. The van der Waals surface area contributed by atoms with Crippen LogP contribution in [-0.2, 0) is 9.53 Å². The van der Waals surface area contributed by atoms with Crippen molar-refractivity contribution in [3.63, 3.8) is 0 Å². The lowest BCUT2D eigenvalue weighted by Crippen LogP contribution is -2.36. The molecule has 1 aliphatic rings. The van der Waals surface area contributed by atoms with Crippen molar-refractivity contribution in [2.24, 2.45) is 5.92 Å². The van der Waals surface area contributed by atoms with E-state index in [1.165, 1.54) is 44.6 Å². The highest BCUT2D eigenvalue weighted by atomic mass is 16.6. The molecule has 0 bridgehead atoms. The summed E-state index contributed by atoms with van der Waals surface area (Å²) in [6, 6.07) is 0. The minimum atomic E-state index is -0.255. The first-order valence-electron chi connectivity index (χ1n) is 7.43. The summed E-state index contributed by atoms with van der Waals surface area (Å²) in [5, 5.41) is 0. The monoisotopic (exact) mass is 252 g/mol. The zero-order valence-corrected chi connectivity index (χ0v) is 12.0. The van der Waals surface area contributed by atoms with Gasteiger partial charge in [0.2, 0.25) is 0 Å². The van der Waals surface area contributed by atoms with Gasteiger partial charge in [0.1, 0.15) is 5.60 Å². The second-order valence-electron chi connectivity index (χ2n) is 6.03. The van der Waals surface area contributed by atoms with Crippen LogP contribution in [0.3, 0.4) is 0 Å². The van der Waals surface area contributed by atoms with Gasteiger partial charge in [0.05, 0.1) is 0 Å². The first-order chi connectivity index (χ1) is 8.58. The predicted molar refractivity (Wildman–Crippen MR) is 75.4 cm³/mol. The Hall–Kier alpha value is -0.790. The topological polar surface area (TPSA) is 26.3 Å². The minimum Gasteiger partial charge on any atom is -0.456 e. The Bertz CT molecular complexity index is 258. The van der Waals surface area contributed by atoms with Gasteiger partial charge in [-0.25, -0.2) is 4.79 Å². The van der Waals surface area contributed by atoms with Crippen LogP contribution in [0.1, 0.15) is 71.6 Å². The first-order valence-corrected chi connectivity index (χ1v) is 7.43. The zero-order chi connectivity index (χ0) is 13.4. The van der Waals surface area contributed by atoms with Crippen molar-refractivity contribution in [2.45, 2.75) is 77.2 Å². The summed E-state index contributed by atoms with van der Waals surface area (Å²) in [5.41, 5.74) is -0.232. The molecule has 1 rings (SSSR count). The average Bonchev–Trinajstić information content (AvgIpc) is 2.41. The maximum absolute atomic E-state index is 11.6. The van der Waals surface area contributed by atoms with Gasteiger partial charge in [-0.15, -0.1) is 0 Å². The quantitative estimate of drug-likeness (QED) is 0.538. The van der Waals surface area contributed by atoms with Crippen molar-refractivity contribution >= 4 is 5.97 Å². The van der Waals surface area contributed by atoms with E-state index in [-0.39, 0.29) is 11.6 Å². The Morgan fingerprint density at radius 3 is 2.11 bits per heavy atom. The van der Waals surface area contributed by atoms with Gasteiger partial charge in [-0.3, -0.25) is 0 Å². The predicted octanol–water partition coefficient (Wildman–Crippen LogP) is 4.63. The van der Waals surface area contributed by atoms with E-state index in [1.54, 1.807) is 0 Å². The summed E-state index contributed by atoms with van der Waals surface area (Å²) in [4.78, 5) is 11.6. The minimum absolute atomic E-state index is 0.232. The smallest absolute Gasteiger partial charge is 0.330 e. The summed E-state index contributed by atoms with van der Waals surface area (Å²) in [6.45, 7) is 7.93. The van der Waals surface area contributed by atoms with Crippen LogP contribution >= 0.6 is 0 Å². The number of rotatable bonds is 4. The molecule has 18 heavy (non-hydrogen) atoms. The molecule has 0 heterocycles. The molecule has 0 radical (unpaired) electrons. The molecular weight excluding hydrogens is 224 g/mol. The van der Waals surface area contributed by atoms with Crippen LogP contribution in [0.25, 0.3) is 0 Å². The van der Waals surface area contributed by atoms with E-state index in [0.29, 0.717) is 5.92 Å². The standard InChI is InChI=1S/C16H28O2/c1-4-15(17)18-16(13-14(2)3)11-9-7-5-6-8-10-12-16/h4,14H,1,5-13H2,2-3H3. The Morgan fingerprint density at radius 2 is 1.67 bits per heavy atom. The van der Waals surface area contributed by atoms with E-state index in [4.69, 9.17) is 4.74 Å². The molecule has 1 aliphatic carbocycles. The number of esters is 1. The van der Waals surface area contributed by atoms with Gasteiger partial charge in [0.15, 0.2) is 0 Å². The van der Waals surface area contributed by atoms with Crippen molar-refractivity contribution in [3.8, 4) is 0 Å². The summed E-state index contributed by atoms with van der Waals surface area (Å²) >= 11 is 0. The largest absolute Gasteiger partial charge is 0.456 e. The van der Waals surface area contributed by atoms with E-state index >= 15 is 0 Å². The van der Waals surface area contributed by atoms with Gasteiger partial charge in [0, 0.05) is 6.08 Å². The van der Waals surface area contributed by atoms with Crippen molar-refractivity contribution in [3.05, 3.63) is 12.7 Å². The van der Waals surface area contributed by atoms with Crippen LogP contribution in [0.2, 0.25) is 0 Å². The summed E-state index contributed by atoms with van der Waals surface area (Å²) in [7, 11) is 0. The number of ether oxygens (including phenoxy) is 1. The number of hydrogen-bond donors (Lipinski definition) is 0. The van der Waals surface area contributed by atoms with Gasteiger partial charge < -0.3 is 4.74 Å². The van der Waals surface area contributed by atoms with Gasteiger partial charge in [-0.1, -0.05) is 46.1 Å². The summed E-state index contributed by atoms with van der Waals surface area (Å²) in [6.07, 6.45) is 11.9. The van der Waals surface area contributed by atoms with Crippen molar-refractivity contribution < 1.29 is 9.53 Å². The van der Waals surface area contributed by atoms with Crippen molar-refractivity contribution in [2.75, 3.05) is 0 Å². The van der Waals surface area contributed by atoms with Crippen LogP contribution in [0.5, 0.6) is 0 Å². The molecule has 0 saturated heterocycles. The third-order valence-corrected chi connectivity index (χ3v) is 3.78. The second-order valence-corrected chi connectivity index (χ2v) is 6.03. The molecule has 2 nitrogen and oxygen atoms in total. The van der Waals surface area contributed by atoms with E-state index in [2.05, 4.69) is 20.4 Å². The SMILES string of the molecule is C=CC(=O)OC1(CC(C)C)CCCCCCCC1. The molecule has 104 valence electrons. The molecular formula is C16H28O2. The lowest BCUT2D eigenvalue weighted by atomic mass is 9.83. The first kappa shape index (κ1) is 15.3. The zero-order valence-electron chi connectivity index (χ0n) is 12.0. The molecule has 1 fully saturated rings. The molecule has 0 unspecified atom stereocenters. The number of carbonyl (C=O) groups excluding carboxylic acids is 1. The maximum atomic E-state index is 11.6. The van der Waals surface area contributed by atoms with E-state index in [1.807, 2.05) is 0 Å². The van der Waals surface area contributed by atoms with E-state index in [0.717, 1.165) is 19.3 Å². The highest BCUT2D eigenvalue weighted by Crippen LogP contribution is 2.34. The van der Waals surface area contributed by atoms with Crippen LogP contribution in [0.4, 0.5) is 0 Å². The molecule has 0 atom stereocenters. The highest BCUT2D eigenvalue weighted by molar-refractivity contribution is 5.81. The van der Waals surface area contributed by atoms with E-state index < -0.39 is 0 Å². The van der Waals surface area contributed by atoms with Crippen molar-refractivity contribution in [1.29, 1.82) is 0 Å². The lowest BCUT2D eigenvalue weighted by molar-refractivity contribution is -0.157. The molecule has 2 heteroatoms. The summed E-state index contributed by atoms with van der Waals surface area (Å²) < 4.78 is 5.77. The number of hydrogen-bond acceptors (Lipinski definition) is 2. The fourth-order valence-corrected chi connectivity index (χ4v) is 3.07.